The number of aliphatic imine (C=N–C) groups is 1. The number of aryl methyl sites for hydroxylation is 1. The fourth-order valence-electron chi connectivity index (χ4n) is 2.11. The SMILES string of the molecule is CC1(N=C=O)CCc2cc(Cl)ccc2C1. The summed E-state index contributed by atoms with van der Waals surface area (Å²) in [5, 5.41) is 0.774. The van der Waals surface area contributed by atoms with Crippen LogP contribution >= 0.6 is 11.6 Å². The minimum Gasteiger partial charge on any atom is -0.211 e. The van der Waals surface area contributed by atoms with Crippen LogP contribution in [0.5, 0.6) is 0 Å². The van der Waals surface area contributed by atoms with E-state index in [2.05, 4.69) is 4.99 Å². The van der Waals surface area contributed by atoms with Gasteiger partial charge >= 0.3 is 0 Å². The first-order valence-electron chi connectivity index (χ1n) is 4.99. The highest BCUT2D eigenvalue weighted by atomic mass is 35.5. The Morgan fingerprint density at radius 1 is 1.47 bits per heavy atom. The standard InChI is InChI=1S/C12H12ClNO/c1-12(14-8-15)5-4-9-6-11(13)3-2-10(9)7-12/h2-3,6H,4-5,7H2,1H3. The number of rotatable bonds is 1. The molecule has 0 saturated carbocycles. The molecule has 0 heterocycles. The van der Waals surface area contributed by atoms with Gasteiger partial charge in [-0.1, -0.05) is 17.7 Å². The number of carbonyl (C=O) groups excluding carboxylic acids is 1. The molecular weight excluding hydrogens is 210 g/mol. The second-order valence-electron chi connectivity index (χ2n) is 4.29. The van der Waals surface area contributed by atoms with Gasteiger partial charge in [-0.25, -0.2) is 4.79 Å². The lowest BCUT2D eigenvalue weighted by atomic mass is 9.80. The predicted molar refractivity (Wildman–Crippen MR) is 60.0 cm³/mol. The fraction of sp³-hybridized carbons (Fsp3) is 0.417. The molecule has 1 unspecified atom stereocenters. The molecule has 15 heavy (non-hydrogen) atoms. The second kappa shape index (κ2) is 3.80. The minimum absolute atomic E-state index is 0.275. The molecule has 78 valence electrons. The highest BCUT2D eigenvalue weighted by Crippen LogP contribution is 2.32. The van der Waals surface area contributed by atoms with Crippen LogP contribution in [-0.4, -0.2) is 11.6 Å². The molecule has 1 atom stereocenters. The Balaban J connectivity index is 2.35. The van der Waals surface area contributed by atoms with E-state index in [9.17, 15) is 4.79 Å². The zero-order chi connectivity index (χ0) is 10.9. The number of benzene rings is 1. The molecule has 2 rings (SSSR count). The molecule has 0 bridgehead atoms. The van der Waals surface area contributed by atoms with E-state index in [0.29, 0.717) is 0 Å². The fourth-order valence-corrected chi connectivity index (χ4v) is 2.30. The first-order chi connectivity index (χ1) is 7.13. The van der Waals surface area contributed by atoms with Gasteiger partial charge < -0.3 is 0 Å². The van der Waals surface area contributed by atoms with Gasteiger partial charge in [0.25, 0.3) is 0 Å². The van der Waals surface area contributed by atoms with E-state index < -0.39 is 0 Å². The normalized spacial score (nSPS) is 24.1. The molecule has 3 heteroatoms. The maximum atomic E-state index is 10.3. The predicted octanol–water partition coefficient (Wildman–Crippen LogP) is 2.92. The van der Waals surface area contributed by atoms with Crippen molar-refractivity contribution in [1.82, 2.24) is 0 Å². The van der Waals surface area contributed by atoms with Crippen LogP contribution in [-0.2, 0) is 17.6 Å². The van der Waals surface area contributed by atoms with Crippen LogP contribution in [0, 0.1) is 0 Å². The number of hydrogen-bond donors (Lipinski definition) is 0. The van der Waals surface area contributed by atoms with Crippen molar-refractivity contribution in [2.45, 2.75) is 31.7 Å². The lowest BCUT2D eigenvalue weighted by Crippen LogP contribution is -2.30. The van der Waals surface area contributed by atoms with Gasteiger partial charge in [-0.15, -0.1) is 0 Å². The molecule has 0 amide bonds. The first kappa shape index (κ1) is 10.4. The van der Waals surface area contributed by atoms with Crippen molar-refractivity contribution in [3.8, 4) is 0 Å². The number of isocyanates is 1. The second-order valence-corrected chi connectivity index (χ2v) is 4.73. The van der Waals surface area contributed by atoms with Gasteiger partial charge in [-0.2, -0.15) is 4.99 Å². The highest BCUT2D eigenvalue weighted by molar-refractivity contribution is 6.30. The van der Waals surface area contributed by atoms with Crippen LogP contribution in [0.2, 0.25) is 5.02 Å². The van der Waals surface area contributed by atoms with Crippen molar-refractivity contribution in [3.05, 3.63) is 34.3 Å². The smallest absolute Gasteiger partial charge is 0.211 e. The Hall–Kier alpha value is -1.11. The zero-order valence-corrected chi connectivity index (χ0v) is 9.34. The molecule has 0 spiro atoms. The van der Waals surface area contributed by atoms with E-state index >= 15 is 0 Å². The molecule has 0 saturated heterocycles. The van der Waals surface area contributed by atoms with Crippen LogP contribution < -0.4 is 0 Å². The Labute approximate surface area is 94.0 Å². The Kier molecular flexibility index (Phi) is 2.64. The molecule has 0 N–H and O–H groups in total. The van der Waals surface area contributed by atoms with Crippen LogP contribution in [0.1, 0.15) is 24.5 Å². The Bertz CT molecular complexity index is 437. The third-order valence-corrected chi connectivity index (χ3v) is 3.22. The van der Waals surface area contributed by atoms with Gasteiger partial charge in [0.15, 0.2) is 0 Å². The summed E-state index contributed by atoms with van der Waals surface area (Å²) in [7, 11) is 0. The van der Waals surface area contributed by atoms with Crippen LogP contribution in [0.15, 0.2) is 23.2 Å². The lowest BCUT2D eigenvalue weighted by molar-refractivity contribution is 0.408. The molecule has 0 aromatic heterocycles. The van der Waals surface area contributed by atoms with E-state index in [-0.39, 0.29) is 5.54 Å². The van der Waals surface area contributed by atoms with E-state index in [0.717, 1.165) is 24.3 Å². The lowest BCUT2D eigenvalue weighted by Gasteiger charge is -2.29. The van der Waals surface area contributed by atoms with E-state index in [1.165, 1.54) is 11.1 Å². The number of halogens is 1. The molecule has 1 aliphatic carbocycles. The number of fused-ring (bicyclic) bond motifs is 1. The van der Waals surface area contributed by atoms with Crippen molar-refractivity contribution in [2.24, 2.45) is 4.99 Å². The summed E-state index contributed by atoms with van der Waals surface area (Å²) < 4.78 is 0. The molecular formula is C12H12ClNO. The topological polar surface area (TPSA) is 29.4 Å². The summed E-state index contributed by atoms with van der Waals surface area (Å²) in [6.45, 7) is 2.00. The first-order valence-corrected chi connectivity index (χ1v) is 5.37. The van der Waals surface area contributed by atoms with Gasteiger partial charge in [0, 0.05) is 5.02 Å². The monoisotopic (exact) mass is 221 g/mol. The summed E-state index contributed by atoms with van der Waals surface area (Å²) in [6.07, 6.45) is 4.28. The third-order valence-electron chi connectivity index (χ3n) is 2.99. The molecule has 0 aliphatic heterocycles. The third kappa shape index (κ3) is 2.11. The van der Waals surface area contributed by atoms with Gasteiger partial charge in [-0.05, 0) is 49.4 Å². The molecule has 1 aromatic rings. The summed E-state index contributed by atoms with van der Waals surface area (Å²) in [6, 6.07) is 5.91. The molecule has 1 aliphatic rings. The molecule has 2 nitrogen and oxygen atoms in total. The van der Waals surface area contributed by atoms with Crippen LogP contribution in [0.3, 0.4) is 0 Å². The molecule has 0 fully saturated rings. The molecule has 1 aromatic carbocycles. The van der Waals surface area contributed by atoms with Gasteiger partial charge in [-0.3, -0.25) is 0 Å². The summed E-state index contributed by atoms with van der Waals surface area (Å²) in [5.74, 6) is 0. The number of nitrogens with zero attached hydrogens (tertiary/aromatic N) is 1. The van der Waals surface area contributed by atoms with Crippen molar-refractivity contribution >= 4 is 17.7 Å². The van der Waals surface area contributed by atoms with E-state index in [1.807, 2.05) is 25.1 Å². The zero-order valence-electron chi connectivity index (χ0n) is 8.59. The quantitative estimate of drug-likeness (QED) is 0.530. The maximum Gasteiger partial charge on any atom is 0.235 e. The minimum atomic E-state index is -0.275. The summed E-state index contributed by atoms with van der Waals surface area (Å²) in [4.78, 5) is 14.2. The van der Waals surface area contributed by atoms with Crippen LogP contribution in [0.4, 0.5) is 0 Å². The van der Waals surface area contributed by atoms with Gasteiger partial charge in [0.05, 0.1) is 5.54 Å². The van der Waals surface area contributed by atoms with Crippen molar-refractivity contribution in [2.75, 3.05) is 0 Å². The summed E-state index contributed by atoms with van der Waals surface area (Å²) >= 11 is 5.92. The highest BCUT2D eigenvalue weighted by Gasteiger charge is 2.29. The maximum absolute atomic E-state index is 10.3. The van der Waals surface area contributed by atoms with Gasteiger partial charge in [0.2, 0.25) is 6.08 Å². The van der Waals surface area contributed by atoms with Crippen LogP contribution in [0.25, 0.3) is 0 Å². The van der Waals surface area contributed by atoms with E-state index in [4.69, 9.17) is 11.6 Å². The Morgan fingerprint density at radius 3 is 3.00 bits per heavy atom. The Morgan fingerprint density at radius 2 is 2.27 bits per heavy atom. The van der Waals surface area contributed by atoms with Crippen molar-refractivity contribution in [1.29, 1.82) is 0 Å². The van der Waals surface area contributed by atoms with Gasteiger partial charge in [0.1, 0.15) is 0 Å². The average Bonchev–Trinajstić information content (AvgIpc) is 2.19. The van der Waals surface area contributed by atoms with E-state index in [1.54, 1.807) is 6.08 Å². The average molecular weight is 222 g/mol. The molecule has 0 radical (unpaired) electrons. The van der Waals surface area contributed by atoms with Crippen molar-refractivity contribution < 1.29 is 4.79 Å². The number of hydrogen-bond acceptors (Lipinski definition) is 2. The summed E-state index contributed by atoms with van der Waals surface area (Å²) in [5.41, 5.74) is 2.25. The largest absolute Gasteiger partial charge is 0.235 e. The van der Waals surface area contributed by atoms with Crippen molar-refractivity contribution in [3.63, 3.8) is 0 Å².